The topological polar surface area (TPSA) is 143 Å². The minimum atomic E-state index is -1.54. The summed E-state index contributed by atoms with van der Waals surface area (Å²) in [6, 6.07) is 5.63. The summed E-state index contributed by atoms with van der Waals surface area (Å²) in [5.74, 6) is 0.217. The summed E-state index contributed by atoms with van der Waals surface area (Å²) in [6.07, 6.45) is -6.93. The first-order valence-corrected chi connectivity index (χ1v) is 6.76. The molecule has 0 spiro atoms. The summed E-state index contributed by atoms with van der Waals surface area (Å²) in [5.41, 5.74) is 0.0144. The van der Waals surface area contributed by atoms with E-state index in [0.717, 1.165) is 0 Å². The van der Waals surface area contributed by atoms with E-state index in [-0.39, 0.29) is 17.0 Å². The van der Waals surface area contributed by atoms with Crippen molar-refractivity contribution in [3.05, 3.63) is 46.5 Å². The lowest BCUT2D eigenvalue weighted by Crippen LogP contribution is -2.60. The Balaban J connectivity index is 2.09. The van der Waals surface area contributed by atoms with E-state index < -0.39 is 42.2 Å². The lowest BCUT2D eigenvalue weighted by molar-refractivity contribution is -0.375. The zero-order valence-corrected chi connectivity index (χ0v) is 12.0. The number of rotatable bonds is 5. The second-order valence-corrected chi connectivity index (χ2v) is 5.04. The number of nitrogens with zero attached hydrogens (tertiary/aromatic N) is 1. The van der Waals surface area contributed by atoms with E-state index in [9.17, 15) is 25.4 Å². The predicted octanol–water partition coefficient (Wildman–Crippen LogP) is -0.887. The molecule has 0 bridgehead atoms. The number of aliphatic hydroxyl groups excluding tert-OH is 4. The second kappa shape index (κ2) is 7.02. The molecular formula is C14H17NO8. The molecule has 0 unspecified atom stereocenters. The fourth-order valence-corrected chi connectivity index (χ4v) is 2.13. The van der Waals surface area contributed by atoms with Crippen molar-refractivity contribution in [1.29, 1.82) is 0 Å². The summed E-state index contributed by atoms with van der Waals surface area (Å²) in [4.78, 5) is 10.0. The molecule has 126 valence electrons. The van der Waals surface area contributed by atoms with E-state index >= 15 is 0 Å². The number of nitro groups is 1. The summed E-state index contributed by atoms with van der Waals surface area (Å²) < 4.78 is 10.6. The average molecular weight is 327 g/mol. The van der Waals surface area contributed by atoms with Crippen molar-refractivity contribution in [2.45, 2.75) is 30.7 Å². The third-order valence-corrected chi connectivity index (χ3v) is 3.51. The number of hydrogen-bond donors (Lipinski definition) is 4. The molecule has 9 heteroatoms. The highest BCUT2D eigenvalue weighted by Gasteiger charge is 2.44. The van der Waals surface area contributed by atoms with Crippen LogP contribution in [0.25, 0.3) is 5.70 Å². The largest absolute Gasteiger partial charge is 0.462 e. The number of benzene rings is 1. The molecule has 0 aliphatic carbocycles. The second-order valence-electron chi connectivity index (χ2n) is 5.04. The molecule has 1 heterocycles. The Morgan fingerprint density at radius 1 is 1.22 bits per heavy atom. The van der Waals surface area contributed by atoms with Crippen LogP contribution in [0.15, 0.2) is 30.8 Å². The van der Waals surface area contributed by atoms with Crippen LogP contribution in [-0.2, 0) is 4.74 Å². The molecule has 0 aromatic heterocycles. The van der Waals surface area contributed by atoms with Crippen molar-refractivity contribution in [2.75, 3.05) is 6.61 Å². The van der Waals surface area contributed by atoms with Crippen LogP contribution in [0, 0.1) is 10.1 Å². The van der Waals surface area contributed by atoms with Crippen molar-refractivity contribution in [2.24, 2.45) is 0 Å². The van der Waals surface area contributed by atoms with Crippen molar-refractivity contribution in [1.82, 2.24) is 0 Å². The van der Waals surface area contributed by atoms with Crippen LogP contribution in [0.3, 0.4) is 0 Å². The van der Waals surface area contributed by atoms with Crippen molar-refractivity contribution in [3.63, 3.8) is 0 Å². The third-order valence-electron chi connectivity index (χ3n) is 3.51. The van der Waals surface area contributed by atoms with E-state index in [4.69, 9.17) is 14.6 Å². The van der Waals surface area contributed by atoms with Crippen LogP contribution in [0.5, 0.6) is 5.75 Å². The summed E-state index contributed by atoms with van der Waals surface area (Å²) >= 11 is 0. The van der Waals surface area contributed by atoms with Crippen LogP contribution < -0.4 is 4.74 Å². The molecule has 4 N–H and O–H groups in total. The summed E-state index contributed by atoms with van der Waals surface area (Å²) in [7, 11) is 0. The molecule has 2 rings (SSSR count). The highest BCUT2D eigenvalue weighted by molar-refractivity contribution is 5.56. The van der Waals surface area contributed by atoms with Gasteiger partial charge in [-0.2, -0.15) is 0 Å². The van der Waals surface area contributed by atoms with E-state index in [0.29, 0.717) is 0 Å². The van der Waals surface area contributed by atoms with Crippen molar-refractivity contribution >= 4 is 5.70 Å². The molecule has 9 nitrogen and oxygen atoms in total. The van der Waals surface area contributed by atoms with Crippen molar-refractivity contribution in [3.8, 4) is 5.75 Å². The Bertz CT molecular complexity index is 573. The zero-order chi connectivity index (χ0) is 17.1. The highest BCUT2D eigenvalue weighted by atomic mass is 16.7. The smallest absolute Gasteiger partial charge is 0.269 e. The van der Waals surface area contributed by atoms with Crippen LogP contribution in [-0.4, -0.2) is 62.7 Å². The number of ether oxygens (including phenoxy) is 2. The SMILES string of the molecule is C=C(c1ccc(O[C@H]2O[C@H](CO)[C@@H](O)[C@H](O)[C@H]2O)cc1)[N+](=O)[O-]. The first-order chi connectivity index (χ1) is 10.8. The van der Waals surface area contributed by atoms with Gasteiger partial charge in [-0.05, 0) is 30.8 Å². The Labute approximate surface area is 131 Å². The minimum absolute atomic E-state index is 0.217. The van der Waals surface area contributed by atoms with Gasteiger partial charge >= 0.3 is 0 Å². The van der Waals surface area contributed by atoms with Gasteiger partial charge in [0, 0.05) is 0 Å². The third kappa shape index (κ3) is 3.66. The summed E-state index contributed by atoms with van der Waals surface area (Å²) in [6.45, 7) is 2.76. The van der Waals surface area contributed by atoms with Gasteiger partial charge < -0.3 is 29.9 Å². The van der Waals surface area contributed by atoms with Gasteiger partial charge in [-0.1, -0.05) is 0 Å². The van der Waals surface area contributed by atoms with Gasteiger partial charge in [0.05, 0.1) is 17.1 Å². The molecule has 0 saturated carbocycles. The van der Waals surface area contributed by atoms with Crippen LogP contribution >= 0.6 is 0 Å². The molecule has 1 aliphatic heterocycles. The lowest BCUT2D eigenvalue weighted by Gasteiger charge is -2.39. The van der Waals surface area contributed by atoms with Crippen LogP contribution in [0.2, 0.25) is 0 Å². The maximum atomic E-state index is 10.6. The van der Waals surface area contributed by atoms with E-state index in [2.05, 4.69) is 6.58 Å². The maximum absolute atomic E-state index is 10.6. The zero-order valence-electron chi connectivity index (χ0n) is 12.0. The predicted molar refractivity (Wildman–Crippen MR) is 76.9 cm³/mol. The Morgan fingerprint density at radius 2 is 1.83 bits per heavy atom. The van der Waals surface area contributed by atoms with Crippen molar-refractivity contribution < 1.29 is 34.8 Å². The van der Waals surface area contributed by atoms with E-state index in [1.165, 1.54) is 24.3 Å². The van der Waals surface area contributed by atoms with Gasteiger partial charge in [0.1, 0.15) is 30.2 Å². The number of aliphatic hydroxyl groups is 4. The van der Waals surface area contributed by atoms with Gasteiger partial charge in [0.15, 0.2) is 0 Å². The highest BCUT2D eigenvalue weighted by Crippen LogP contribution is 2.25. The van der Waals surface area contributed by atoms with Crippen LogP contribution in [0.1, 0.15) is 5.56 Å². The molecule has 0 amide bonds. The standard InChI is InChI=1S/C14H17NO8/c1-7(15(20)21)8-2-4-9(5-3-8)22-14-13(19)12(18)11(17)10(6-16)23-14/h2-5,10-14,16-19H,1,6H2/t10-,11-,12+,13-,14+/m1/s1. The molecule has 1 aliphatic rings. The van der Waals surface area contributed by atoms with Gasteiger partial charge in [-0.3, -0.25) is 10.1 Å². The molecule has 23 heavy (non-hydrogen) atoms. The fourth-order valence-electron chi connectivity index (χ4n) is 2.13. The minimum Gasteiger partial charge on any atom is -0.462 e. The summed E-state index contributed by atoms with van der Waals surface area (Å²) in [5, 5.41) is 48.9. The molecule has 1 aromatic carbocycles. The Kier molecular flexibility index (Phi) is 5.29. The molecule has 1 fully saturated rings. The average Bonchev–Trinajstić information content (AvgIpc) is 2.55. The number of hydrogen-bond acceptors (Lipinski definition) is 8. The molecular weight excluding hydrogens is 310 g/mol. The molecule has 5 atom stereocenters. The molecule has 1 aromatic rings. The fraction of sp³-hybridized carbons (Fsp3) is 0.429. The lowest BCUT2D eigenvalue weighted by atomic mass is 9.99. The first-order valence-electron chi connectivity index (χ1n) is 6.76. The Hall–Kier alpha value is -2.04. The van der Waals surface area contributed by atoms with E-state index in [1.54, 1.807) is 0 Å². The van der Waals surface area contributed by atoms with Gasteiger partial charge in [-0.15, -0.1) is 0 Å². The van der Waals surface area contributed by atoms with Crippen LogP contribution in [0.4, 0.5) is 0 Å². The molecule has 0 radical (unpaired) electrons. The van der Waals surface area contributed by atoms with Gasteiger partial charge in [-0.25, -0.2) is 0 Å². The van der Waals surface area contributed by atoms with E-state index in [1.807, 2.05) is 0 Å². The monoisotopic (exact) mass is 327 g/mol. The normalized spacial score (nSPS) is 30.7. The first kappa shape index (κ1) is 17.3. The molecule has 1 saturated heterocycles. The Morgan fingerprint density at radius 3 is 2.35 bits per heavy atom. The maximum Gasteiger partial charge on any atom is 0.269 e. The quantitative estimate of drug-likeness (QED) is 0.403. The van der Waals surface area contributed by atoms with Gasteiger partial charge in [0.2, 0.25) is 6.29 Å². The van der Waals surface area contributed by atoms with Gasteiger partial charge in [0.25, 0.3) is 5.70 Å².